The van der Waals surface area contributed by atoms with Gasteiger partial charge in [0.2, 0.25) is 6.71 Å². The van der Waals surface area contributed by atoms with Crippen molar-refractivity contribution < 1.29 is 0 Å². The highest BCUT2D eigenvalue weighted by Crippen LogP contribution is 2.46. The molecular formula is C108H76BN7. The first-order valence-electron chi connectivity index (χ1n) is 40.5. The third-order valence-electron chi connectivity index (χ3n) is 25.6. The second-order valence-corrected chi connectivity index (χ2v) is 32.4. The average molecular weight is 1480 g/mol. The van der Waals surface area contributed by atoms with Crippen LogP contribution in [0.2, 0.25) is 0 Å². The maximum Gasteiger partial charge on any atom is 0.242 e. The third-order valence-corrected chi connectivity index (χ3v) is 25.6. The van der Waals surface area contributed by atoms with E-state index in [1.54, 1.807) is 0 Å². The van der Waals surface area contributed by atoms with Crippen LogP contribution in [0, 0.1) is 41.5 Å². The van der Waals surface area contributed by atoms with E-state index in [2.05, 4.69) is 425 Å². The largest absolute Gasteiger partial charge is 0.309 e. The minimum atomic E-state index is 0.0313. The lowest BCUT2D eigenvalue weighted by molar-refractivity contribution is 1.13. The first-order chi connectivity index (χ1) is 57.0. The Labute approximate surface area is 669 Å². The van der Waals surface area contributed by atoms with Crippen molar-refractivity contribution in [2.75, 3.05) is 0 Å². The van der Waals surface area contributed by atoms with E-state index in [9.17, 15) is 0 Å². The topological polar surface area (TPSA) is 34.5 Å². The second-order valence-electron chi connectivity index (χ2n) is 32.4. The number of hydrogen-bond acceptors (Lipinski definition) is 0. The van der Waals surface area contributed by atoms with Gasteiger partial charge in [0.15, 0.2) is 0 Å². The van der Waals surface area contributed by atoms with Crippen LogP contribution in [-0.4, -0.2) is 38.7 Å². The number of rotatable bonds is 10. The van der Waals surface area contributed by atoms with Gasteiger partial charge in [0.1, 0.15) is 0 Å². The molecule has 17 aromatic carbocycles. The van der Waals surface area contributed by atoms with Gasteiger partial charge < -0.3 is 32.0 Å². The fourth-order valence-corrected chi connectivity index (χ4v) is 21.1. The molecule has 0 saturated carbocycles. The van der Waals surface area contributed by atoms with Crippen LogP contribution in [0.1, 0.15) is 33.4 Å². The van der Waals surface area contributed by atoms with Crippen molar-refractivity contribution in [1.29, 1.82) is 0 Å². The van der Waals surface area contributed by atoms with E-state index in [0.717, 1.165) is 106 Å². The molecule has 24 rings (SSSR count). The van der Waals surface area contributed by atoms with Crippen LogP contribution >= 0.6 is 0 Å². The van der Waals surface area contributed by atoms with Gasteiger partial charge in [-0.05, 0) is 199 Å². The Bertz CT molecular complexity index is 7750. The molecule has 0 N–H and O–H groups in total. The summed E-state index contributed by atoms with van der Waals surface area (Å²) in [5.74, 6) is 0. The first kappa shape index (κ1) is 66.1. The maximum absolute atomic E-state index is 2.53. The van der Waals surface area contributed by atoms with Crippen LogP contribution in [0.25, 0.3) is 192 Å². The molecule has 7 nitrogen and oxygen atoms in total. The van der Waals surface area contributed by atoms with Crippen LogP contribution in [0.15, 0.2) is 352 Å². The molecule has 116 heavy (non-hydrogen) atoms. The normalized spacial score (nSPS) is 12.2. The average Bonchev–Trinajstić information content (AvgIpc) is 1.55. The minimum absolute atomic E-state index is 0.0313. The smallest absolute Gasteiger partial charge is 0.242 e. The molecule has 7 heterocycles. The van der Waals surface area contributed by atoms with E-state index >= 15 is 0 Å². The summed E-state index contributed by atoms with van der Waals surface area (Å²) in [7, 11) is 0. The second kappa shape index (κ2) is 25.0. The molecule has 8 heteroatoms. The van der Waals surface area contributed by atoms with Gasteiger partial charge in [-0.15, -0.1) is 0 Å². The van der Waals surface area contributed by atoms with Crippen molar-refractivity contribution in [1.82, 2.24) is 32.0 Å². The molecule has 24 aromatic rings. The zero-order valence-electron chi connectivity index (χ0n) is 65.2. The molecule has 0 atom stereocenters. The molecule has 0 aliphatic carbocycles. The van der Waals surface area contributed by atoms with E-state index in [1.807, 2.05) is 0 Å². The van der Waals surface area contributed by atoms with Gasteiger partial charge in [0.05, 0.1) is 77.2 Å². The van der Waals surface area contributed by atoms with Gasteiger partial charge >= 0.3 is 0 Å². The van der Waals surface area contributed by atoms with Crippen molar-refractivity contribution in [3.63, 3.8) is 0 Å². The van der Waals surface area contributed by atoms with Crippen molar-refractivity contribution in [2.45, 2.75) is 41.5 Å². The summed E-state index contributed by atoms with van der Waals surface area (Å²) in [4.78, 5) is 0. The molecule has 0 saturated heterocycles. The molecule has 0 aliphatic heterocycles. The van der Waals surface area contributed by atoms with E-state index < -0.39 is 0 Å². The summed E-state index contributed by atoms with van der Waals surface area (Å²) < 4.78 is 17.4. The Kier molecular flexibility index (Phi) is 14.2. The van der Waals surface area contributed by atoms with Gasteiger partial charge in [-0.25, -0.2) is 0 Å². The Morgan fingerprint density at radius 2 is 0.371 bits per heavy atom. The Hall–Kier alpha value is -14.6. The van der Waals surface area contributed by atoms with Gasteiger partial charge in [-0.2, -0.15) is 0 Å². The van der Waals surface area contributed by atoms with E-state index in [4.69, 9.17) is 0 Å². The number of para-hydroxylation sites is 8. The van der Waals surface area contributed by atoms with Crippen molar-refractivity contribution in [3.8, 4) is 39.8 Å². The fourth-order valence-electron chi connectivity index (χ4n) is 21.1. The lowest BCUT2D eigenvalue weighted by atomic mass is 9.34. The quantitative estimate of drug-likeness (QED) is 0.122. The molecule has 0 amide bonds. The van der Waals surface area contributed by atoms with Crippen molar-refractivity contribution in [2.24, 2.45) is 0 Å². The number of aromatic nitrogens is 7. The van der Waals surface area contributed by atoms with Gasteiger partial charge in [-0.3, -0.25) is 0 Å². The zero-order valence-corrected chi connectivity index (χ0v) is 65.2. The Morgan fingerprint density at radius 1 is 0.155 bits per heavy atom. The summed E-state index contributed by atoms with van der Waals surface area (Å²) >= 11 is 0. The van der Waals surface area contributed by atoms with Crippen LogP contribution < -0.4 is 16.4 Å². The van der Waals surface area contributed by atoms with Crippen LogP contribution in [-0.2, 0) is 0 Å². The lowest BCUT2D eigenvalue weighted by Crippen LogP contribution is -2.55. The van der Waals surface area contributed by atoms with Gasteiger partial charge in [0, 0.05) is 115 Å². The summed E-state index contributed by atoms with van der Waals surface area (Å²) in [6, 6.07) is 133. The summed E-state index contributed by atoms with van der Waals surface area (Å²) in [6.07, 6.45) is 0. The Balaban J connectivity index is 0.730. The molecule has 0 bridgehead atoms. The highest BCUT2D eigenvalue weighted by Gasteiger charge is 2.30. The summed E-state index contributed by atoms with van der Waals surface area (Å²) in [6.45, 7) is 13.7. The summed E-state index contributed by atoms with van der Waals surface area (Å²) in [5, 5.41) is 17.0. The molecule has 0 unspecified atom stereocenters. The number of hydrogen-bond donors (Lipinski definition) is 0. The van der Waals surface area contributed by atoms with E-state index in [0.29, 0.717) is 0 Å². The molecule has 0 spiro atoms. The fraction of sp³-hybridized carbons (Fsp3) is 0.0556. The van der Waals surface area contributed by atoms with E-state index in [1.165, 1.54) is 136 Å². The molecule has 0 aliphatic rings. The predicted octanol–water partition coefficient (Wildman–Crippen LogP) is 25.7. The molecule has 0 radical (unpaired) electrons. The van der Waals surface area contributed by atoms with Crippen molar-refractivity contribution >= 4 is 176 Å². The van der Waals surface area contributed by atoms with Crippen LogP contribution in [0.4, 0.5) is 0 Å². The summed E-state index contributed by atoms with van der Waals surface area (Å²) in [5.41, 5.74) is 35.8. The van der Waals surface area contributed by atoms with Crippen LogP contribution in [0.5, 0.6) is 0 Å². The number of fused-ring (bicyclic) bond motifs is 21. The van der Waals surface area contributed by atoms with Gasteiger partial charge in [-0.1, -0.05) is 244 Å². The maximum atomic E-state index is 2.53. The molecule has 546 valence electrons. The predicted molar refractivity (Wildman–Crippen MR) is 493 cm³/mol. The van der Waals surface area contributed by atoms with Crippen molar-refractivity contribution in [3.05, 3.63) is 385 Å². The third kappa shape index (κ3) is 9.55. The first-order valence-corrected chi connectivity index (χ1v) is 40.5. The van der Waals surface area contributed by atoms with Crippen LogP contribution in [0.3, 0.4) is 0 Å². The standard InChI is InChI=1S/C108H76BN7/c1-65-53-67(3)107(68(4)54-65)109(108-69(5)55-66(2)56-70(108)6)71-45-47-72(48-46-71)110-101-51-49-77(115-99-43-21-13-35-85(99)91-61-89-83-33-11-19-41-97(83)113(103(89)63-105(91)115)75-27-23-25-73(57-75)111-93-37-15-7-29-79(93)80-30-8-16-38-94(80)111)59-87(101)88-60-78(50-52-102(88)110)116-100-44-22-14-36-86(100)92-62-90-84-34-12-20-42-98(84)114(104(90)64-106(92)116)76-28-24-26-74(58-76)112-95-39-17-9-31-81(95)82-32-10-18-40-96(82)112/h7-64H,1-6H3. The van der Waals surface area contributed by atoms with Gasteiger partial charge in [0.25, 0.3) is 0 Å². The molecule has 0 fully saturated rings. The minimum Gasteiger partial charge on any atom is -0.309 e. The molecule has 7 aromatic heterocycles. The Morgan fingerprint density at radius 3 is 0.655 bits per heavy atom. The van der Waals surface area contributed by atoms with E-state index in [-0.39, 0.29) is 6.71 Å². The number of benzene rings is 17. The molecular weight excluding hydrogens is 1410 g/mol. The number of nitrogens with zero attached hydrogens (tertiary/aromatic N) is 7. The highest BCUT2D eigenvalue weighted by molar-refractivity contribution is 6.96. The monoisotopic (exact) mass is 1480 g/mol. The highest BCUT2D eigenvalue weighted by atomic mass is 15.1. The zero-order chi connectivity index (χ0) is 77.0. The number of aryl methyl sites for hydroxylation is 6. The SMILES string of the molecule is Cc1cc(C)c(B(c2ccc(-n3c4ccc(-n5c6ccccc6c6cc7c8ccccc8n(-c8cccc(-n9c%10ccccc%10c%10ccccc%109)c8)c7cc65)cc4c4cc(-n5c6ccccc6c6cc7c8ccccc8n(-c8cccc(-n9c%10ccccc%10c%10ccccc%109)c8)c7cc65)ccc43)cc2)c2c(C)cc(C)cc2C)c(C)c1. The lowest BCUT2D eigenvalue weighted by Gasteiger charge is -2.25.